The van der Waals surface area contributed by atoms with E-state index in [4.69, 9.17) is 4.74 Å². The number of allylic oxidation sites excluding steroid dienone is 1. The van der Waals surface area contributed by atoms with Gasteiger partial charge in [0, 0.05) is 40.0 Å². The number of aromatic nitrogens is 2. The van der Waals surface area contributed by atoms with Crippen molar-refractivity contribution in [2.24, 2.45) is 0 Å². The minimum Gasteiger partial charge on any atom is -0.474 e. The molecule has 2 aromatic heterocycles. The Balaban J connectivity index is 1.65. The van der Waals surface area contributed by atoms with Crippen molar-refractivity contribution in [3.05, 3.63) is 60.4 Å². The Morgan fingerprint density at radius 2 is 2.04 bits per heavy atom. The smallest absolute Gasteiger partial charge is 0.213 e. The average Bonchev–Trinajstić information content (AvgIpc) is 2.95. The van der Waals surface area contributed by atoms with E-state index < -0.39 is 0 Å². The quantitative estimate of drug-likeness (QED) is 0.638. The van der Waals surface area contributed by atoms with Crippen molar-refractivity contribution in [1.29, 1.82) is 0 Å². The topological polar surface area (TPSA) is 37.9 Å². The van der Waals surface area contributed by atoms with Crippen molar-refractivity contribution in [2.75, 3.05) is 0 Å². The SMILES string of the molecule is C=Cc1c(/C=C\C)[nH]c2cc(-c3ccc(OC4CCC4)nc3)ccc12. The second kappa shape index (κ2) is 6.60. The molecule has 0 amide bonds. The van der Waals surface area contributed by atoms with E-state index in [1.807, 2.05) is 31.3 Å². The number of benzene rings is 1. The first-order valence-corrected chi connectivity index (χ1v) is 8.82. The second-order valence-electron chi connectivity index (χ2n) is 6.47. The molecule has 0 aliphatic heterocycles. The van der Waals surface area contributed by atoms with Crippen LogP contribution in [-0.4, -0.2) is 16.1 Å². The summed E-state index contributed by atoms with van der Waals surface area (Å²) in [5.41, 5.74) is 5.56. The van der Waals surface area contributed by atoms with Gasteiger partial charge in [0.05, 0.1) is 0 Å². The molecule has 3 nitrogen and oxygen atoms in total. The van der Waals surface area contributed by atoms with E-state index in [2.05, 4.69) is 46.9 Å². The van der Waals surface area contributed by atoms with Crippen LogP contribution in [0.3, 0.4) is 0 Å². The van der Waals surface area contributed by atoms with Crippen LogP contribution in [0.2, 0.25) is 0 Å². The van der Waals surface area contributed by atoms with Gasteiger partial charge in [0.2, 0.25) is 5.88 Å². The lowest BCUT2D eigenvalue weighted by atomic mass is 9.96. The Hall–Kier alpha value is -2.81. The number of nitrogens with zero attached hydrogens (tertiary/aromatic N) is 1. The Morgan fingerprint density at radius 3 is 2.68 bits per heavy atom. The second-order valence-corrected chi connectivity index (χ2v) is 6.47. The lowest BCUT2D eigenvalue weighted by molar-refractivity contribution is 0.114. The van der Waals surface area contributed by atoms with Gasteiger partial charge in [0.15, 0.2) is 0 Å². The monoisotopic (exact) mass is 330 g/mol. The maximum absolute atomic E-state index is 5.84. The largest absolute Gasteiger partial charge is 0.474 e. The maximum Gasteiger partial charge on any atom is 0.213 e. The predicted octanol–water partition coefficient (Wildman–Crippen LogP) is 5.84. The molecular weight excluding hydrogens is 308 g/mol. The van der Waals surface area contributed by atoms with E-state index in [9.17, 15) is 0 Å². The highest BCUT2D eigenvalue weighted by molar-refractivity contribution is 5.95. The molecule has 1 N–H and O–H groups in total. The van der Waals surface area contributed by atoms with Crippen LogP contribution in [0.15, 0.2) is 49.2 Å². The zero-order valence-corrected chi connectivity index (χ0v) is 14.5. The molecule has 4 rings (SSSR count). The van der Waals surface area contributed by atoms with Crippen molar-refractivity contribution in [3.8, 4) is 17.0 Å². The fraction of sp³-hybridized carbons (Fsp3) is 0.227. The van der Waals surface area contributed by atoms with Crippen LogP contribution in [0.1, 0.15) is 37.4 Å². The number of rotatable bonds is 5. The standard InChI is InChI=1S/C22H22N2O/c1-3-6-20-18(4-2)19-11-9-15(13-21(19)24-20)16-10-12-22(23-14-16)25-17-7-5-8-17/h3-4,6,9-14,17,24H,2,5,7-8H2,1H3/b6-3-. The number of hydrogen-bond acceptors (Lipinski definition) is 2. The average molecular weight is 330 g/mol. The van der Waals surface area contributed by atoms with Crippen molar-refractivity contribution in [3.63, 3.8) is 0 Å². The fourth-order valence-electron chi connectivity index (χ4n) is 3.22. The lowest BCUT2D eigenvalue weighted by Gasteiger charge is -2.25. The van der Waals surface area contributed by atoms with E-state index in [1.165, 1.54) is 11.8 Å². The van der Waals surface area contributed by atoms with E-state index in [1.54, 1.807) is 0 Å². The molecule has 1 saturated carbocycles. The highest BCUT2D eigenvalue weighted by Crippen LogP contribution is 2.30. The minimum atomic E-state index is 0.357. The van der Waals surface area contributed by atoms with Gasteiger partial charge in [-0.25, -0.2) is 4.98 Å². The van der Waals surface area contributed by atoms with Crippen LogP contribution < -0.4 is 4.74 Å². The number of ether oxygens (including phenoxy) is 1. The lowest BCUT2D eigenvalue weighted by Crippen LogP contribution is -2.24. The van der Waals surface area contributed by atoms with Crippen molar-refractivity contribution in [1.82, 2.24) is 9.97 Å². The normalized spacial score (nSPS) is 14.8. The first kappa shape index (κ1) is 15.7. The van der Waals surface area contributed by atoms with Crippen LogP contribution in [-0.2, 0) is 0 Å². The number of fused-ring (bicyclic) bond motifs is 1. The number of aromatic amines is 1. The van der Waals surface area contributed by atoms with E-state index in [-0.39, 0.29) is 0 Å². The summed E-state index contributed by atoms with van der Waals surface area (Å²) in [5, 5.41) is 1.18. The van der Waals surface area contributed by atoms with Crippen molar-refractivity contribution in [2.45, 2.75) is 32.3 Å². The molecule has 0 bridgehead atoms. The Kier molecular flexibility index (Phi) is 4.14. The van der Waals surface area contributed by atoms with Gasteiger partial charge in [-0.15, -0.1) is 0 Å². The van der Waals surface area contributed by atoms with E-state index in [0.29, 0.717) is 6.10 Å². The molecule has 0 saturated heterocycles. The first-order chi connectivity index (χ1) is 12.3. The van der Waals surface area contributed by atoms with Gasteiger partial charge in [0.25, 0.3) is 0 Å². The zero-order valence-electron chi connectivity index (χ0n) is 14.5. The fourth-order valence-corrected chi connectivity index (χ4v) is 3.22. The third kappa shape index (κ3) is 2.98. The summed E-state index contributed by atoms with van der Waals surface area (Å²) in [6.07, 6.45) is 11.8. The van der Waals surface area contributed by atoms with Gasteiger partial charge in [0.1, 0.15) is 6.10 Å². The van der Waals surface area contributed by atoms with Gasteiger partial charge in [-0.3, -0.25) is 0 Å². The van der Waals surface area contributed by atoms with Crippen LogP contribution in [0.4, 0.5) is 0 Å². The Bertz CT molecular complexity index is 931. The highest BCUT2D eigenvalue weighted by atomic mass is 16.5. The third-order valence-corrected chi connectivity index (χ3v) is 4.82. The van der Waals surface area contributed by atoms with Gasteiger partial charge in [-0.1, -0.05) is 30.9 Å². The Morgan fingerprint density at radius 1 is 1.20 bits per heavy atom. The molecule has 3 aromatic rings. The summed E-state index contributed by atoms with van der Waals surface area (Å²) in [7, 11) is 0. The summed E-state index contributed by atoms with van der Waals surface area (Å²) in [6, 6.07) is 10.5. The highest BCUT2D eigenvalue weighted by Gasteiger charge is 2.19. The summed E-state index contributed by atoms with van der Waals surface area (Å²) < 4.78 is 5.84. The predicted molar refractivity (Wildman–Crippen MR) is 105 cm³/mol. The number of pyridine rings is 1. The molecule has 0 atom stereocenters. The van der Waals surface area contributed by atoms with Gasteiger partial charge < -0.3 is 9.72 Å². The van der Waals surface area contributed by atoms with Crippen molar-refractivity contribution < 1.29 is 4.74 Å². The van der Waals surface area contributed by atoms with Crippen LogP contribution >= 0.6 is 0 Å². The zero-order chi connectivity index (χ0) is 17.2. The van der Waals surface area contributed by atoms with E-state index >= 15 is 0 Å². The molecule has 0 radical (unpaired) electrons. The van der Waals surface area contributed by atoms with Crippen LogP contribution in [0.5, 0.6) is 5.88 Å². The molecule has 3 heteroatoms. The number of hydrogen-bond donors (Lipinski definition) is 1. The Labute approximate surface area is 148 Å². The molecule has 1 aromatic carbocycles. The molecule has 0 unspecified atom stereocenters. The van der Waals surface area contributed by atoms with Gasteiger partial charge in [-0.2, -0.15) is 0 Å². The number of H-pyrrole nitrogens is 1. The molecule has 0 spiro atoms. The molecule has 126 valence electrons. The maximum atomic E-state index is 5.84. The molecule has 2 heterocycles. The summed E-state index contributed by atoms with van der Waals surface area (Å²) >= 11 is 0. The van der Waals surface area contributed by atoms with Crippen LogP contribution in [0.25, 0.3) is 34.2 Å². The third-order valence-electron chi connectivity index (χ3n) is 4.82. The summed E-state index contributed by atoms with van der Waals surface area (Å²) in [4.78, 5) is 7.94. The van der Waals surface area contributed by atoms with E-state index in [0.717, 1.165) is 46.6 Å². The summed E-state index contributed by atoms with van der Waals surface area (Å²) in [5.74, 6) is 0.721. The minimum absolute atomic E-state index is 0.357. The van der Waals surface area contributed by atoms with Crippen molar-refractivity contribution >= 4 is 23.1 Å². The molecule has 1 aliphatic rings. The van der Waals surface area contributed by atoms with Gasteiger partial charge in [-0.05, 0) is 50.0 Å². The molecule has 1 fully saturated rings. The number of nitrogens with one attached hydrogen (secondary N) is 1. The summed E-state index contributed by atoms with van der Waals surface area (Å²) in [6.45, 7) is 5.96. The molecule has 25 heavy (non-hydrogen) atoms. The van der Waals surface area contributed by atoms with Gasteiger partial charge >= 0.3 is 0 Å². The first-order valence-electron chi connectivity index (χ1n) is 8.82. The van der Waals surface area contributed by atoms with Crippen LogP contribution in [0, 0.1) is 0 Å². The molecule has 1 aliphatic carbocycles. The molecular formula is C22H22N2O.